The number of hydrogen-bond acceptors (Lipinski definition) is 5. The molecule has 2 aromatic rings. The summed E-state index contributed by atoms with van der Waals surface area (Å²) in [6.07, 6.45) is 13.0. The van der Waals surface area contributed by atoms with Crippen molar-refractivity contribution in [1.82, 2.24) is 9.80 Å². The predicted molar refractivity (Wildman–Crippen MR) is 157 cm³/mol. The number of hydrogen-bond donors (Lipinski definition) is 1. The van der Waals surface area contributed by atoms with Gasteiger partial charge in [-0.2, -0.15) is 0 Å². The molecule has 6 heteroatoms. The van der Waals surface area contributed by atoms with E-state index in [0.717, 1.165) is 72.6 Å². The van der Waals surface area contributed by atoms with Gasteiger partial charge in [-0.05, 0) is 78.8 Å². The average Bonchev–Trinajstić information content (AvgIpc) is 3.06. The molecule has 4 rings (SSSR count). The molecule has 1 aliphatic heterocycles. The van der Waals surface area contributed by atoms with Gasteiger partial charge < -0.3 is 15.5 Å². The second kappa shape index (κ2) is 12.7. The number of fused-ring (bicyclic) bond motifs is 1. The van der Waals surface area contributed by atoms with Crippen LogP contribution in [0.5, 0.6) is 0 Å². The molecular weight excluding hydrogens is 472 g/mol. The molecule has 200 valence electrons. The molecule has 2 aliphatic rings. The second-order valence-electron chi connectivity index (χ2n) is 10.5. The summed E-state index contributed by atoms with van der Waals surface area (Å²) in [5, 5.41) is 0. The van der Waals surface area contributed by atoms with Crippen molar-refractivity contribution in [1.29, 1.82) is 0 Å². The Hall–Kier alpha value is -3.67. The lowest BCUT2D eigenvalue weighted by atomic mass is 9.85. The van der Waals surface area contributed by atoms with Crippen molar-refractivity contribution in [3.8, 4) is 11.1 Å². The van der Waals surface area contributed by atoms with Crippen molar-refractivity contribution in [3.05, 3.63) is 64.9 Å². The lowest BCUT2D eigenvalue weighted by molar-refractivity contribution is -0.127. The standard InChI is InChI=1S/C32H40N4O2/c1-4-14-36(15-5-2)32(38)29-18-27-11-9-25(19-30(27)34-31(33)20-29)24-10-12-28(22-37)26(17-24)13-16-35(3)21-23-7-6-8-23/h9-13,16-19,22-23H,4-8,14-15,20-21H2,1-3H3,(H2,33,34)/b16-13-. The van der Waals surface area contributed by atoms with E-state index in [4.69, 9.17) is 5.73 Å². The quantitative estimate of drug-likeness (QED) is 0.359. The van der Waals surface area contributed by atoms with Gasteiger partial charge in [0.1, 0.15) is 5.84 Å². The number of benzene rings is 2. The van der Waals surface area contributed by atoms with Crippen molar-refractivity contribution < 1.29 is 9.59 Å². The van der Waals surface area contributed by atoms with E-state index >= 15 is 0 Å². The zero-order chi connectivity index (χ0) is 27.1. The van der Waals surface area contributed by atoms with Gasteiger partial charge in [-0.1, -0.05) is 44.5 Å². The molecule has 0 saturated heterocycles. The average molecular weight is 513 g/mol. The first-order chi connectivity index (χ1) is 18.4. The van der Waals surface area contributed by atoms with Crippen LogP contribution < -0.4 is 5.73 Å². The molecule has 2 N–H and O–H groups in total. The maximum atomic E-state index is 13.3. The van der Waals surface area contributed by atoms with Crippen molar-refractivity contribution >= 4 is 35.9 Å². The number of aldehydes is 1. The molecule has 38 heavy (non-hydrogen) atoms. The van der Waals surface area contributed by atoms with E-state index in [1.807, 2.05) is 53.5 Å². The highest BCUT2D eigenvalue weighted by molar-refractivity contribution is 6.05. The van der Waals surface area contributed by atoms with Gasteiger partial charge >= 0.3 is 0 Å². The summed E-state index contributed by atoms with van der Waals surface area (Å²) in [6.45, 7) is 6.68. The van der Waals surface area contributed by atoms with Crippen molar-refractivity contribution in [2.75, 3.05) is 26.7 Å². The third-order valence-electron chi connectivity index (χ3n) is 7.37. The Bertz CT molecular complexity index is 1250. The monoisotopic (exact) mass is 512 g/mol. The van der Waals surface area contributed by atoms with E-state index in [1.165, 1.54) is 19.3 Å². The number of amides is 1. The van der Waals surface area contributed by atoms with Gasteiger partial charge in [-0.25, -0.2) is 4.99 Å². The van der Waals surface area contributed by atoms with Gasteiger partial charge in [0.25, 0.3) is 0 Å². The van der Waals surface area contributed by atoms with Crippen LogP contribution in [0.2, 0.25) is 0 Å². The fourth-order valence-electron chi connectivity index (χ4n) is 5.12. The minimum Gasteiger partial charge on any atom is -0.387 e. The lowest BCUT2D eigenvalue weighted by Gasteiger charge is -2.29. The SMILES string of the molecule is CCCN(CCC)C(=O)C1=Cc2ccc(-c3ccc(C=O)c(/C=C\N(C)CC4CCC4)c3)cc2N=C(N)C1. The van der Waals surface area contributed by atoms with E-state index in [-0.39, 0.29) is 5.91 Å². The topological polar surface area (TPSA) is 79.0 Å². The molecule has 2 aromatic carbocycles. The van der Waals surface area contributed by atoms with Crippen LogP contribution >= 0.6 is 0 Å². The van der Waals surface area contributed by atoms with Crippen LogP contribution in [0.1, 0.15) is 73.9 Å². The maximum Gasteiger partial charge on any atom is 0.250 e. The van der Waals surface area contributed by atoms with Crippen molar-refractivity contribution in [2.24, 2.45) is 16.6 Å². The zero-order valence-electron chi connectivity index (χ0n) is 23.0. The summed E-state index contributed by atoms with van der Waals surface area (Å²) >= 11 is 0. The fraction of sp³-hybridized carbons (Fsp3) is 0.406. The summed E-state index contributed by atoms with van der Waals surface area (Å²) in [7, 11) is 2.09. The summed E-state index contributed by atoms with van der Waals surface area (Å²) in [6, 6.07) is 11.9. The zero-order valence-corrected chi connectivity index (χ0v) is 23.0. The van der Waals surface area contributed by atoms with Crippen LogP contribution in [-0.4, -0.2) is 54.5 Å². The molecule has 1 aliphatic carbocycles. The molecule has 0 aromatic heterocycles. The van der Waals surface area contributed by atoms with Gasteiger partial charge in [0.2, 0.25) is 5.91 Å². The summed E-state index contributed by atoms with van der Waals surface area (Å²) in [4.78, 5) is 33.8. The van der Waals surface area contributed by atoms with E-state index in [2.05, 4.69) is 37.0 Å². The molecule has 1 amide bonds. The minimum atomic E-state index is 0.0342. The highest BCUT2D eigenvalue weighted by Gasteiger charge is 2.21. The van der Waals surface area contributed by atoms with Crippen LogP contribution in [0, 0.1) is 5.92 Å². The van der Waals surface area contributed by atoms with Crippen LogP contribution in [-0.2, 0) is 4.79 Å². The summed E-state index contributed by atoms with van der Waals surface area (Å²) in [5.74, 6) is 1.25. The molecule has 0 spiro atoms. The Morgan fingerprint density at radius 2 is 1.76 bits per heavy atom. The number of carbonyl (C=O) groups is 2. The molecule has 1 saturated carbocycles. The van der Waals surface area contributed by atoms with Crippen LogP contribution in [0.25, 0.3) is 23.3 Å². The van der Waals surface area contributed by atoms with Gasteiger partial charge in [0.15, 0.2) is 6.29 Å². The van der Waals surface area contributed by atoms with Crippen LogP contribution in [0.4, 0.5) is 5.69 Å². The van der Waals surface area contributed by atoms with E-state index < -0.39 is 0 Å². The largest absolute Gasteiger partial charge is 0.387 e. The minimum absolute atomic E-state index is 0.0342. The molecule has 1 heterocycles. The number of nitrogens with zero attached hydrogens (tertiary/aromatic N) is 3. The highest BCUT2D eigenvalue weighted by Crippen LogP contribution is 2.33. The molecule has 1 fully saturated rings. The summed E-state index contributed by atoms with van der Waals surface area (Å²) in [5.41, 5.74) is 12.1. The molecule has 6 nitrogen and oxygen atoms in total. The first-order valence-corrected chi connectivity index (χ1v) is 13.9. The first-order valence-electron chi connectivity index (χ1n) is 13.9. The Kier molecular flexibility index (Phi) is 9.16. The van der Waals surface area contributed by atoms with Gasteiger partial charge in [-0.15, -0.1) is 0 Å². The number of rotatable bonds is 11. The lowest BCUT2D eigenvalue weighted by Crippen LogP contribution is -2.34. The predicted octanol–water partition coefficient (Wildman–Crippen LogP) is 6.29. The second-order valence-corrected chi connectivity index (χ2v) is 10.5. The Morgan fingerprint density at radius 3 is 2.42 bits per heavy atom. The Morgan fingerprint density at radius 1 is 1.05 bits per heavy atom. The maximum absolute atomic E-state index is 13.3. The highest BCUT2D eigenvalue weighted by atomic mass is 16.2. The van der Waals surface area contributed by atoms with E-state index in [0.29, 0.717) is 23.4 Å². The van der Waals surface area contributed by atoms with Gasteiger partial charge in [0.05, 0.1) is 5.69 Å². The summed E-state index contributed by atoms with van der Waals surface area (Å²) < 4.78 is 0. The van der Waals surface area contributed by atoms with Crippen molar-refractivity contribution in [3.63, 3.8) is 0 Å². The van der Waals surface area contributed by atoms with Gasteiger partial charge in [-0.3, -0.25) is 9.59 Å². The van der Waals surface area contributed by atoms with Crippen LogP contribution in [0.3, 0.4) is 0 Å². The molecule has 0 atom stereocenters. The smallest absolute Gasteiger partial charge is 0.250 e. The Labute approximate surface area is 226 Å². The third-order valence-corrected chi connectivity index (χ3v) is 7.37. The van der Waals surface area contributed by atoms with Crippen molar-refractivity contribution in [2.45, 2.75) is 52.4 Å². The number of amidine groups is 1. The molecule has 0 bridgehead atoms. The first kappa shape index (κ1) is 27.4. The fourth-order valence-corrected chi connectivity index (χ4v) is 5.12. The molecular formula is C32H40N4O2. The third kappa shape index (κ3) is 6.60. The Balaban J connectivity index is 1.61. The van der Waals surface area contributed by atoms with Gasteiger partial charge in [0, 0.05) is 49.8 Å². The van der Waals surface area contributed by atoms with E-state index in [9.17, 15) is 9.59 Å². The number of carbonyl (C=O) groups excluding carboxylic acids is 2. The number of nitrogens with two attached hydrogens (primary N) is 1. The van der Waals surface area contributed by atoms with Crippen LogP contribution in [0.15, 0.2) is 53.2 Å². The normalized spacial score (nSPS) is 15.2. The molecule has 0 radical (unpaired) electrons. The van der Waals surface area contributed by atoms with E-state index in [1.54, 1.807) is 0 Å². The molecule has 0 unspecified atom stereocenters. The number of aliphatic imine (C=N–C) groups is 1.